The van der Waals surface area contributed by atoms with Gasteiger partial charge in [-0.2, -0.15) is 0 Å². The second-order valence-electron chi connectivity index (χ2n) is 6.27. The van der Waals surface area contributed by atoms with Crippen molar-refractivity contribution < 1.29 is 0 Å². The summed E-state index contributed by atoms with van der Waals surface area (Å²) in [5, 5.41) is 3.49. The van der Waals surface area contributed by atoms with Crippen molar-refractivity contribution in [1.29, 1.82) is 0 Å². The molecular formula is C17H25N3. The van der Waals surface area contributed by atoms with E-state index < -0.39 is 0 Å². The molecule has 3 rings (SSSR count). The van der Waals surface area contributed by atoms with E-state index in [-0.39, 0.29) is 5.41 Å². The normalized spacial score (nSPS) is 18.8. The van der Waals surface area contributed by atoms with Crippen molar-refractivity contribution in [1.82, 2.24) is 14.9 Å². The Morgan fingerprint density at radius 1 is 1.25 bits per heavy atom. The van der Waals surface area contributed by atoms with Crippen LogP contribution in [-0.4, -0.2) is 22.6 Å². The number of nitrogens with one attached hydrogen (secondary N) is 1. The molecule has 1 aliphatic heterocycles. The van der Waals surface area contributed by atoms with Gasteiger partial charge in [0, 0.05) is 11.5 Å². The quantitative estimate of drug-likeness (QED) is 0.923. The summed E-state index contributed by atoms with van der Waals surface area (Å²) in [6.45, 7) is 9.06. The van der Waals surface area contributed by atoms with E-state index in [1.165, 1.54) is 30.6 Å². The van der Waals surface area contributed by atoms with Crippen LogP contribution in [-0.2, 0) is 5.41 Å². The first-order chi connectivity index (χ1) is 9.68. The first-order valence-electron chi connectivity index (χ1n) is 7.86. The highest BCUT2D eigenvalue weighted by Gasteiger charge is 2.37. The van der Waals surface area contributed by atoms with Gasteiger partial charge in [0.1, 0.15) is 5.82 Å². The minimum absolute atomic E-state index is 0.245. The van der Waals surface area contributed by atoms with E-state index in [0.717, 1.165) is 18.6 Å². The van der Waals surface area contributed by atoms with Crippen LogP contribution in [0.25, 0.3) is 11.0 Å². The van der Waals surface area contributed by atoms with Crippen molar-refractivity contribution in [3.05, 3.63) is 30.1 Å². The summed E-state index contributed by atoms with van der Waals surface area (Å²) < 4.78 is 2.46. The molecule has 20 heavy (non-hydrogen) atoms. The number of rotatable bonds is 3. The smallest absolute Gasteiger partial charge is 0.116 e. The average Bonchev–Trinajstić information content (AvgIpc) is 2.88. The van der Waals surface area contributed by atoms with Crippen molar-refractivity contribution in [3.8, 4) is 0 Å². The Labute approximate surface area is 121 Å². The molecule has 1 N–H and O–H groups in total. The van der Waals surface area contributed by atoms with E-state index in [1.54, 1.807) is 0 Å². The van der Waals surface area contributed by atoms with Crippen LogP contribution in [0.15, 0.2) is 24.3 Å². The van der Waals surface area contributed by atoms with Crippen LogP contribution < -0.4 is 5.32 Å². The molecule has 3 nitrogen and oxygen atoms in total. The van der Waals surface area contributed by atoms with Crippen molar-refractivity contribution in [2.45, 2.75) is 51.5 Å². The molecule has 3 heteroatoms. The highest BCUT2D eigenvalue weighted by molar-refractivity contribution is 5.76. The minimum Gasteiger partial charge on any atom is -0.325 e. The number of hydrogen-bond donors (Lipinski definition) is 1. The topological polar surface area (TPSA) is 29.9 Å². The van der Waals surface area contributed by atoms with Crippen LogP contribution in [0.3, 0.4) is 0 Å². The zero-order valence-electron chi connectivity index (χ0n) is 12.8. The van der Waals surface area contributed by atoms with Gasteiger partial charge in [-0.1, -0.05) is 19.1 Å². The van der Waals surface area contributed by atoms with E-state index >= 15 is 0 Å². The first kappa shape index (κ1) is 13.6. The van der Waals surface area contributed by atoms with E-state index in [9.17, 15) is 0 Å². The molecule has 1 fully saturated rings. The molecule has 2 heterocycles. The highest BCUT2D eigenvalue weighted by Crippen LogP contribution is 2.38. The van der Waals surface area contributed by atoms with Crippen LogP contribution >= 0.6 is 0 Å². The second-order valence-corrected chi connectivity index (χ2v) is 6.27. The third-order valence-electron chi connectivity index (χ3n) is 4.82. The standard InChI is InChI=1S/C17H25N3/c1-4-17(9-11-18-12-10-17)16-19-14-7-5-6-8-15(14)20(16)13(2)3/h5-8,13,18H,4,9-12H2,1-3H3. The first-order valence-corrected chi connectivity index (χ1v) is 7.86. The van der Waals surface area contributed by atoms with Gasteiger partial charge in [-0.3, -0.25) is 0 Å². The molecule has 0 saturated carbocycles. The number of aromatic nitrogens is 2. The molecule has 0 radical (unpaired) electrons. The molecule has 0 aliphatic carbocycles. The Kier molecular flexibility index (Phi) is 3.55. The Bertz CT molecular complexity index is 591. The molecule has 1 aromatic heterocycles. The average molecular weight is 271 g/mol. The third kappa shape index (κ3) is 2.05. The van der Waals surface area contributed by atoms with Gasteiger partial charge in [0.25, 0.3) is 0 Å². The Balaban J connectivity index is 2.21. The van der Waals surface area contributed by atoms with Crippen LogP contribution in [0.2, 0.25) is 0 Å². The van der Waals surface area contributed by atoms with Gasteiger partial charge in [0.2, 0.25) is 0 Å². The van der Waals surface area contributed by atoms with Gasteiger partial charge in [0.05, 0.1) is 11.0 Å². The summed E-state index contributed by atoms with van der Waals surface area (Å²) in [5.41, 5.74) is 2.67. The van der Waals surface area contributed by atoms with Crippen LogP contribution in [0, 0.1) is 0 Å². The summed E-state index contributed by atoms with van der Waals surface area (Å²) in [7, 11) is 0. The fourth-order valence-electron chi connectivity index (χ4n) is 3.58. The predicted octanol–water partition coefficient (Wildman–Crippen LogP) is 3.65. The fourth-order valence-corrected chi connectivity index (χ4v) is 3.58. The predicted molar refractivity (Wildman–Crippen MR) is 84.2 cm³/mol. The number of para-hydroxylation sites is 2. The summed E-state index contributed by atoms with van der Waals surface area (Å²) in [6.07, 6.45) is 3.56. The molecule has 108 valence electrons. The van der Waals surface area contributed by atoms with Gasteiger partial charge in [-0.05, 0) is 58.3 Å². The maximum atomic E-state index is 5.04. The number of nitrogens with zero attached hydrogens (tertiary/aromatic N) is 2. The Morgan fingerprint density at radius 2 is 1.95 bits per heavy atom. The zero-order valence-corrected chi connectivity index (χ0v) is 12.8. The highest BCUT2D eigenvalue weighted by atomic mass is 15.1. The van der Waals surface area contributed by atoms with Gasteiger partial charge in [0.15, 0.2) is 0 Å². The van der Waals surface area contributed by atoms with Gasteiger partial charge in [-0.15, -0.1) is 0 Å². The van der Waals surface area contributed by atoms with Crippen LogP contribution in [0.4, 0.5) is 0 Å². The molecule has 0 amide bonds. The van der Waals surface area contributed by atoms with E-state index in [4.69, 9.17) is 4.98 Å². The lowest BCUT2D eigenvalue weighted by atomic mass is 9.75. The fraction of sp³-hybridized carbons (Fsp3) is 0.588. The van der Waals surface area contributed by atoms with Crippen molar-refractivity contribution in [2.24, 2.45) is 0 Å². The van der Waals surface area contributed by atoms with Gasteiger partial charge in [-0.25, -0.2) is 4.98 Å². The number of piperidine rings is 1. The lowest BCUT2D eigenvalue weighted by Crippen LogP contribution is -2.41. The van der Waals surface area contributed by atoms with Crippen molar-refractivity contribution in [3.63, 3.8) is 0 Å². The second kappa shape index (κ2) is 5.21. The molecule has 0 bridgehead atoms. The molecule has 1 aliphatic rings. The van der Waals surface area contributed by atoms with Crippen LogP contribution in [0.5, 0.6) is 0 Å². The number of hydrogen-bond acceptors (Lipinski definition) is 2. The summed E-state index contributed by atoms with van der Waals surface area (Å²) in [4.78, 5) is 5.04. The van der Waals surface area contributed by atoms with E-state index in [1.807, 2.05) is 0 Å². The maximum absolute atomic E-state index is 5.04. The number of imidazole rings is 1. The number of fused-ring (bicyclic) bond motifs is 1. The lowest BCUT2D eigenvalue weighted by molar-refractivity contribution is 0.271. The molecule has 0 atom stereocenters. The molecular weight excluding hydrogens is 246 g/mol. The minimum atomic E-state index is 0.245. The zero-order chi connectivity index (χ0) is 14.2. The summed E-state index contributed by atoms with van der Waals surface area (Å²) in [6, 6.07) is 9.01. The maximum Gasteiger partial charge on any atom is 0.116 e. The lowest BCUT2D eigenvalue weighted by Gasteiger charge is -2.37. The Hall–Kier alpha value is -1.35. The van der Waals surface area contributed by atoms with E-state index in [2.05, 4.69) is 54.9 Å². The van der Waals surface area contributed by atoms with Gasteiger partial charge < -0.3 is 9.88 Å². The van der Waals surface area contributed by atoms with Gasteiger partial charge >= 0.3 is 0 Å². The third-order valence-corrected chi connectivity index (χ3v) is 4.82. The molecule has 1 aromatic carbocycles. The summed E-state index contributed by atoms with van der Waals surface area (Å²) in [5.74, 6) is 1.30. The monoisotopic (exact) mass is 271 g/mol. The molecule has 2 aromatic rings. The molecule has 0 unspecified atom stereocenters. The molecule has 1 saturated heterocycles. The number of benzene rings is 1. The largest absolute Gasteiger partial charge is 0.325 e. The van der Waals surface area contributed by atoms with E-state index in [0.29, 0.717) is 6.04 Å². The molecule has 0 spiro atoms. The van der Waals surface area contributed by atoms with Crippen LogP contribution in [0.1, 0.15) is 51.9 Å². The SMILES string of the molecule is CCC1(c2nc3ccccc3n2C(C)C)CCNCC1. The van der Waals surface area contributed by atoms with Crippen molar-refractivity contribution >= 4 is 11.0 Å². The summed E-state index contributed by atoms with van der Waals surface area (Å²) >= 11 is 0. The Morgan fingerprint density at radius 3 is 2.60 bits per heavy atom. The van der Waals surface area contributed by atoms with Crippen molar-refractivity contribution in [2.75, 3.05) is 13.1 Å².